The monoisotopic (exact) mass is 609 g/mol. The number of rotatable bonds is 17. The summed E-state index contributed by atoms with van der Waals surface area (Å²) in [5, 5.41) is 15.6. The van der Waals surface area contributed by atoms with Gasteiger partial charge in [0, 0.05) is 37.1 Å². The predicted octanol–water partition coefficient (Wildman–Crippen LogP) is 0.353. The number of Topliss-reactive ketones (excluding diaryl/α,β-unsaturated/α-hetero) is 2. The van der Waals surface area contributed by atoms with Crippen LogP contribution in [0.4, 0.5) is 0 Å². The van der Waals surface area contributed by atoms with Gasteiger partial charge in [0.25, 0.3) is 0 Å². The third kappa shape index (κ3) is 13.1. The molecule has 226 valence electrons. The standard InChI is InChI=1S/C23H36N3O12PS/c1-14(22(34)36-4)26-39(35)37-13-23(2,3)20(38-39)21(33)25-8-7-17(29)24-9-10-40-19(32)12-16(28)11-15(27)5-6-18(30)31/h14,20H,5-13H2,1-4H3,(H,24,29)(H,25,33)(H,26,35)(H,30,31)/t14-,20-,39?/m0/s1. The number of thioether (sulfide) groups is 1. The van der Waals surface area contributed by atoms with E-state index in [9.17, 15) is 38.1 Å². The third-order valence-corrected chi connectivity index (χ3v) is 7.93. The van der Waals surface area contributed by atoms with Gasteiger partial charge in [-0.3, -0.25) is 42.6 Å². The Morgan fingerprint density at radius 3 is 2.33 bits per heavy atom. The van der Waals surface area contributed by atoms with Crippen molar-refractivity contribution >= 4 is 59.9 Å². The number of ether oxygens (including phenoxy) is 1. The highest BCUT2D eigenvalue weighted by Crippen LogP contribution is 2.53. The molecule has 1 aliphatic rings. The summed E-state index contributed by atoms with van der Waals surface area (Å²) >= 11 is 0.807. The average Bonchev–Trinajstić information content (AvgIpc) is 2.86. The molecule has 4 N–H and O–H groups in total. The quantitative estimate of drug-likeness (QED) is 0.0757. The molecule has 0 spiro atoms. The number of carboxylic acids is 1. The molecule has 3 atom stereocenters. The van der Waals surface area contributed by atoms with Crippen LogP contribution in [0.25, 0.3) is 0 Å². The second kappa shape index (κ2) is 16.6. The number of hydrogen-bond donors (Lipinski definition) is 4. The summed E-state index contributed by atoms with van der Waals surface area (Å²) < 4.78 is 28.2. The molecular weight excluding hydrogens is 573 g/mol. The first-order chi connectivity index (χ1) is 18.6. The lowest BCUT2D eigenvalue weighted by Gasteiger charge is -2.40. The van der Waals surface area contributed by atoms with E-state index in [2.05, 4.69) is 20.5 Å². The van der Waals surface area contributed by atoms with Crippen molar-refractivity contribution in [1.82, 2.24) is 15.7 Å². The smallest absolute Gasteiger partial charge is 0.407 e. The van der Waals surface area contributed by atoms with Crippen molar-refractivity contribution in [3.63, 3.8) is 0 Å². The van der Waals surface area contributed by atoms with E-state index in [0.29, 0.717) is 0 Å². The highest BCUT2D eigenvalue weighted by Gasteiger charge is 2.48. The number of carbonyl (C=O) groups excluding carboxylic acids is 6. The summed E-state index contributed by atoms with van der Waals surface area (Å²) in [6, 6.07) is -1.02. The van der Waals surface area contributed by atoms with Crippen LogP contribution in [-0.2, 0) is 51.9 Å². The maximum Gasteiger partial charge on any atom is 0.407 e. The van der Waals surface area contributed by atoms with Crippen LogP contribution in [0.15, 0.2) is 0 Å². The van der Waals surface area contributed by atoms with Crippen molar-refractivity contribution < 1.29 is 57.0 Å². The number of aliphatic carboxylic acids is 1. The Labute approximate surface area is 235 Å². The van der Waals surface area contributed by atoms with Gasteiger partial charge in [-0.25, -0.2) is 9.65 Å². The molecule has 0 bridgehead atoms. The molecule has 1 unspecified atom stereocenters. The fourth-order valence-electron chi connectivity index (χ4n) is 3.24. The molecule has 1 rings (SSSR count). The number of methoxy groups -OCH3 is 1. The van der Waals surface area contributed by atoms with Gasteiger partial charge in [0.15, 0.2) is 11.2 Å². The van der Waals surface area contributed by atoms with Gasteiger partial charge in [-0.2, -0.15) is 0 Å². The van der Waals surface area contributed by atoms with Gasteiger partial charge in [-0.05, 0) is 6.92 Å². The van der Waals surface area contributed by atoms with Gasteiger partial charge in [0.1, 0.15) is 17.6 Å². The number of esters is 1. The summed E-state index contributed by atoms with van der Waals surface area (Å²) in [7, 11) is -2.84. The van der Waals surface area contributed by atoms with E-state index in [1.54, 1.807) is 13.8 Å². The zero-order valence-electron chi connectivity index (χ0n) is 22.8. The van der Waals surface area contributed by atoms with E-state index in [0.717, 1.165) is 18.9 Å². The molecule has 0 radical (unpaired) electrons. The van der Waals surface area contributed by atoms with Crippen molar-refractivity contribution in [2.75, 3.05) is 32.6 Å². The summed E-state index contributed by atoms with van der Waals surface area (Å²) in [4.78, 5) is 82.0. The second-order valence-electron chi connectivity index (χ2n) is 9.55. The molecule has 40 heavy (non-hydrogen) atoms. The van der Waals surface area contributed by atoms with Crippen LogP contribution >= 0.6 is 19.5 Å². The van der Waals surface area contributed by atoms with Crippen molar-refractivity contribution in [3.05, 3.63) is 0 Å². The molecule has 15 nitrogen and oxygen atoms in total. The Hall–Kier alpha value is -2.65. The Bertz CT molecular complexity index is 1030. The molecule has 0 aromatic carbocycles. The molecule has 1 fully saturated rings. The Morgan fingerprint density at radius 2 is 1.70 bits per heavy atom. The summed E-state index contributed by atoms with van der Waals surface area (Å²) in [6.07, 6.45) is -2.93. The second-order valence-corrected chi connectivity index (χ2v) is 12.4. The van der Waals surface area contributed by atoms with Gasteiger partial charge in [-0.1, -0.05) is 25.6 Å². The maximum absolute atomic E-state index is 12.9. The number of nitrogens with one attached hydrogen (secondary N) is 3. The summed E-state index contributed by atoms with van der Waals surface area (Å²) in [5.74, 6) is -3.86. The zero-order valence-corrected chi connectivity index (χ0v) is 24.5. The largest absolute Gasteiger partial charge is 0.481 e. The molecular formula is C23H36N3O12PS. The number of ketones is 2. The summed E-state index contributed by atoms with van der Waals surface area (Å²) in [6.45, 7) is 4.68. The van der Waals surface area contributed by atoms with E-state index < -0.39 is 78.6 Å². The van der Waals surface area contributed by atoms with E-state index in [-0.39, 0.29) is 44.7 Å². The average molecular weight is 610 g/mol. The van der Waals surface area contributed by atoms with Gasteiger partial charge < -0.3 is 20.5 Å². The Balaban J connectivity index is 2.36. The van der Waals surface area contributed by atoms with Crippen molar-refractivity contribution in [2.24, 2.45) is 5.41 Å². The first kappa shape index (κ1) is 35.4. The van der Waals surface area contributed by atoms with E-state index in [1.165, 1.54) is 6.92 Å². The summed E-state index contributed by atoms with van der Waals surface area (Å²) in [5.41, 5.74) is -0.868. The van der Waals surface area contributed by atoms with Gasteiger partial charge in [-0.15, -0.1) is 0 Å². The minimum Gasteiger partial charge on any atom is -0.481 e. The van der Waals surface area contributed by atoms with Crippen LogP contribution in [0.5, 0.6) is 0 Å². The normalized spacial score (nSPS) is 20.6. The Morgan fingerprint density at radius 1 is 1.02 bits per heavy atom. The van der Waals surface area contributed by atoms with Crippen LogP contribution < -0.4 is 15.7 Å². The lowest BCUT2D eigenvalue weighted by molar-refractivity contribution is -0.143. The number of hydrogen-bond acceptors (Lipinski definition) is 12. The van der Waals surface area contributed by atoms with Crippen LogP contribution in [0, 0.1) is 5.41 Å². The molecule has 0 saturated carbocycles. The molecule has 1 heterocycles. The molecule has 0 aliphatic carbocycles. The zero-order chi connectivity index (χ0) is 30.5. The number of carboxylic acid groups (broad SMARTS) is 1. The first-order valence-electron chi connectivity index (χ1n) is 12.3. The minimum absolute atomic E-state index is 0.0613. The van der Waals surface area contributed by atoms with Crippen molar-refractivity contribution in [1.29, 1.82) is 0 Å². The minimum atomic E-state index is -4.01. The topological polar surface area (TPSA) is 221 Å². The predicted molar refractivity (Wildman–Crippen MR) is 141 cm³/mol. The maximum atomic E-state index is 12.9. The van der Waals surface area contributed by atoms with E-state index in [4.69, 9.17) is 14.2 Å². The fourth-order valence-corrected chi connectivity index (χ4v) is 5.87. The van der Waals surface area contributed by atoms with E-state index >= 15 is 0 Å². The van der Waals surface area contributed by atoms with Crippen LogP contribution in [0.1, 0.15) is 52.9 Å². The van der Waals surface area contributed by atoms with Gasteiger partial charge >= 0.3 is 19.7 Å². The lowest BCUT2D eigenvalue weighted by Crippen LogP contribution is -2.51. The lowest BCUT2D eigenvalue weighted by atomic mass is 9.87. The highest BCUT2D eigenvalue weighted by molar-refractivity contribution is 8.13. The third-order valence-electron chi connectivity index (χ3n) is 5.40. The van der Waals surface area contributed by atoms with Crippen LogP contribution in [-0.4, -0.2) is 90.2 Å². The first-order valence-corrected chi connectivity index (χ1v) is 14.8. The van der Waals surface area contributed by atoms with Crippen molar-refractivity contribution in [3.8, 4) is 0 Å². The number of carbonyl (C=O) groups is 7. The highest BCUT2D eigenvalue weighted by atomic mass is 32.2. The van der Waals surface area contributed by atoms with Gasteiger partial charge in [0.05, 0.1) is 33.0 Å². The fraction of sp³-hybridized carbons (Fsp3) is 0.696. The molecule has 17 heteroatoms. The van der Waals surface area contributed by atoms with E-state index in [1.807, 2.05) is 0 Å². The molecule has 2 amide bonds. The van der Waals surface area contributed by atoms with Gasteiger partial charge in [0.2, 0.25) is 11.8 Å². The molecule has 1 aliphatic heterocycles. The van der Waals surface area contributed by atoms with Crippen LogP contribution in [0.2, 0.25) is 0 Å². The SMILES string of the molecule is COC(=O)[C@H](C)NP1(=O)OCC(C)(C)[C@H](C(=O)NCCC(=O)NCCSC(=O)CC(=O)CC(=O)CCC(=O)O)O1. The molecule has 0 aromatic heterocycles. The molecule has 1 saturated heterocycles. The molecule has 0 aromatic rings. The Kier molecular flexibility index (Phi) is 14.7. The van der Waals surface area contributed by atoms with Crippen LogP contribution in [0.3, 0.4) is 0 Å². The number of amides is 2. The van der Waals surface area contributed by atoms with Crippen molar-refractivity contribution in [2.45, 2.75) is 65.0 Å².